The largest absolute Gasteiger partial charge is 0.322 e. The maximum atomic E-state index is 12.1. The van der Waals surface area contributed by atoms with Crippen molar-refractivity contribution < 1.29 is 9.72 Å². The van der Waals surface area contributed by atoms with E-state index in [-0.39, 0.29) is 11.6 Å². The molecule has 20 heavy (non-hydrogen) atoms. The average molecular weight is 420 g/mol. The lowest BCUT2D eigenvalue weighted by Gasteiger charge is -2.05. The van der Waals surface area contributed by atoms with Gasteiger partial charge in [0, 0.05) is 17.3 Å². The highest BCUT2D eigenvalue weighted by Crippen LogP contribution is 2.32. The number of thiophene rings is 1. The van der Waals surface area contributed by atoms with Gasteiger partial charge in [-0.15, -0.1) is 11.3 Å². The molecule has 0 radical (unpaired) electrons. The maximum absolute atomic E-state index is 12.1. The van der Waals surface area contributed by atoms with Crippen LogP contribution in [-0.2, 0) is 0 Å². The zero-order chi connectivity index (χ0) is 14.9. The van der Waals surface area contributed by atoms with Crippen LogP contribution in [0.2, 0.25) is 0 Å². The zero-order valence-electron chi connectivity index (χ0n) is 10.1. The molecule has 1 aromatic carbocycles. The van der Waals surface area contributed by atoms with Gasteiger partial charge >= 0.3 is 0 Å². The number of hydrogen-bond donors (Lipinski definition) is 1. The molecule has 1 heterocycles. The van der Waals surface area contributed by atoms with Gasteiger partial charge in [-0.1, -0.05) is 0 Å². The molecule has 104 valence electrons. The van der Waals surface area contributed by atoms with E-state index < -0.39 is 4.92 Å². The number of halogens is 2. The van der Waals surface area contributed by atoms with Crippen LogP contribution in [0.1, 0.15) is 15.9 Å². The fraction of sp³-hybridized carbons (Fsp3) is 0.0833. The van der Waals surface area contributed by atoms with Crippen molar-refractivity contribution >= 4 is 60.5 Å². The number of rotatable bonds is 3. The molecule has 5 nitrogen and oxygen atoms in total. The second-order valence-corrected chi connectivity index (χ2v) is 7.70. The Bertz CT molecular complexity index is 700. The van der Waals surface area contributed by atoms with Crippen LogP contribution in [0.5, 0.6) is 0 Å². The Labute approximate surface area is 135 Å². The fourth-order valence-corrected chi connectivity index (χ4v) is 4.43. The van der Waals surface area contributed by atoms with Gasteiger partial charge in [-0.2, -0.15) is 0 Å². The van der Waals surface area contributed by atoms with Crippen LogP contribution in [0, 0.1) is 17.0 Å². The minimum Gasteiger partial charge on any atom is -0.322 e. The molecule has 1 N–H and O–H groups in total. The summed E-state index contributed by atoms with van der Waals surface area (Å²) in [7, 11) is 0. The number of nitrogens with one attached hydrogen (secondary N) is 1. The van der Waals surface area contributed by atoms with Gasteiger partial charge in [0.15, 0.2) is 0 Å². The monoisotopic (exact) mass is 418 g/mol. The Morgan fingerprint density at radius 1 is 1.35 bits per heavy atom. The molecular weight excluding hydrogens is 412 g/mol. The molecule has 1 aromatic heterocycles. The lowest BCUT2D eigenvalue weighted by molar-refractivity contribution is -0.385. The molecule has 0 aliphatic heterocycles. The van der Waals surface area contributed by atoms with E-state index in [2.05, 4.69) is 37.2 Å². The van der Waals surface area contributed by atoms with Gasteiger partial charge in [0.05, 0.1) is 18.1 Å². The van der Waals surface area contributed by atoms with E-state index in [9.17, 15) is 14.9 Å². The molecule has 8 heteroatoms. The highest BCUT2D eigenvalue weighted by Gasteiger charge is 2.15. The van der Waals surface area contributed by atoms with E-state index >= 15 is 0 Å². The second kappa shape index (κ2) is 6.02. The van der Waals surface area contributed by atoms with Crippen molar-refractivity contribution in [1.29, 1.82) is 0 Å². The van der Waals surface area contributed by atoms with E-state index in [0.29, 0.717) is 16.8 Å². The molecule has 2 rings (SSSR count). The number of aryl methyl sites for hydroxylation is 1. The lowest BCUT2D eigenvalue weighted by atomic mass is 10.2. The van der Waals surface area contributed by atoms with E-state index in [1.807, 2.05) is 0 Å². The standard InChI is InChI=1S/C12H8Br2N2O3S/c1-6-4-7(2-3-9(6)16(18)19)15-12(17)8-5-10(13)20-11(8)14/h2-5H,1H3,(H,15,17). The summed E-state index contributed by atoms with van der Waals surface area (Å²) < 4.78 is 1.56. The number of anilines is 1. The summed E-state index contributed by atoms with van der Waals surface area (Å²) in [6.45, 7) is 1.63. The summed E-state index contributed by atoms with van der Waals surface area (Å²) in [5.74, 6) is -0.271. The molecule has 0 saturated heterocycles. The van der Waals surface area contributed by atoms with Crippen molar-refractivity contribution in [3.63, 3.8) is 0 Å². The van der Waals surface area contributed by atoms with Crippen molar-refractivity contribution in [3.05, 3.63) is 53.1 Å². The molecule has 0 spiro atoms. The predicted molar refractivity (Wildman–Crippen MR) is 85.5 cm³/mol. The first kappa shape index (κ1) is 15.1. The van der Waals surface area contributed by atoms with Crippen LogP contribution in [0.15, 0.2) is 31.8 Å². The molecule has 0 saturated carbocycles. The first-order chi connectivity index (χ1) is 9.38. The summed E-state index contributed by atoms with van der Waals surface area (Å²) in [4.78, 5) is 22.4. The fourth-order valence-electron chi connectivity index (χ4n) is 1.63. The van der Waals surface area contributed by atoms with Crippen molar-refractivity contribution in [3.8, 4) is 0 Å². The van der Waals surface area contributed by atoms with Crippen LogP contribution in [0.4, 0.5) is 11.4 Å². The highest BCUT2D eigenvalue weighted by atomic mass is 79.9. The van der Waals surface area contributed by atoms with Gasteiger partial charge in [-0.25, -0.2) is 0 Å². The molecule has 1 amide bonds. The van der Waals surface area contributed by atoms with Gasteiger partial charge in [0.25, 0.3) is 11.6 Å². The maximum Gasteiger partial charge on any atom is 0.272 e. The highest BCUT2D eigenvalue weighted by molar-refractivity contribution is 9.12. The SMILES string of the molecule is Cc1cc(NC(=O)c2cc(Br)sc2Br)ccc1[N+](=O)[O-]. The van der Waals surface area contributed by atoms with E-state index in [1.165, 1.54) is 23.5 Å². The third kappa shape index (κ3) is 3.25. The second-order valence-electron chi connectivity index (χ2n) is 3.95. The molecule has 0 bridgehead atoms. The van der Waals surface area contributed by atoms with Crippen molar-refractivity contribution in [2.24, 2.45) is 0 Å². The normalized spacial score (nSPS) is 10.3. The minimum absolute atomic E-state index is 0.0301. The molecule has 0 unspecified atom stereocenters. The number of amides is 1. The van der Waals surface area contributed by atoms with Crippen LogP contribution in [0.25, 0.3) is 0 Å². The molecular formula is C12H8Br2N2O3S. The Hall–Kier alpha value is -1.25. The number of carbonyl (C=O) groups excluding carboxylic acids is 1. The topological polar surface area (TPSA) is 72.2 Å². The smallest absolute Gasteiger partial charge is 0.272 e. The third-order valence-electron chi connectivity index (χ3n) is 2.55. The van der Waals surface area contributed by atoms with Gasteiger partial charge in [0.2, 0.25) is 0 Å². The Kier molecular flexibility index (Phi) is 4.56. The van der Waals surface area contributed by atoms with Crippen LogP contribution in [-0.4, -0.2) is 10.8 Å². The zero-order valence-corrected chi connectivity index (χ0v) is 14.1. The van der Waals surface area contributed by atoms with Crippen molar-refractivity contribution in [1.82, 2.24) is 0 Å². The average Bonchev–Trinajstić information content (AvgIpc) is 2.68. The van der Waals surface area contributed by atoms with Gasteiger partial charge in [-0.05, 0) is 57.0 Å². The summed E-state index contributed by atoms with van der Waals surface area (Å²) in [6, 6.07) is 6.18. The summed E-state index contributed by atoms with van der Waals surface area (Å²) in [6.07, 6.45) is 0. The van der Waals surface area contributed by atoms with Crippen LogP contribution < -0.4 is 5.32 Å². The number of hydrogen-bond acceptors (Lipinski definition) is 4. The van der Waals surface area contributed by atoms with Crippen LogP contribution in [0.3, 0.4) is 0 Å². The first-order valence-corrected chi connectivity index (χ1v) is 7.80. The Morgan fingerprint density at radius 2 is 2.05 bits per heavy atom. The number of benzene rings is 1. The number of nitrogens with zero attached hydrogens (tertiary/aromatic N) is 1. The molecule has 2 aromatic rings. The van der Waals surface area contributed by atoms with Crippen molar-refractivity contribution in [2.45, 2.75) is 6.92 Å². The van der Waals surface area contributed by atoms with Gasteiger partial charge in [0.1, 0.15) is 0 Å². The number of carbonyl (C=O) groups is 1. The first-order valence-electron chi connectivity index (χ1n) is 5.39. The van der Waals surface area contributed by atoms with Gasteiger partial charge in [-0.3, -0.25) is 14.9 Å². The molecule has 0 aliphatic rings. The van der Waals surface area contributed by atoms with Crippen molar-refractivity contribution in [2.75, 3.05) is 5.32 Å². The van der Waals surface area contributed by atoms with Crippen LogP contribution >= 0.6 is 43.2 Å². The quantitative estimate of drug-likeness (QED) is 0.576. The molecule has 0 atom stereocenters. The van der Waals surface area contributed by atoms with E-state index in [1.54, 1.807) is 19.1 Å². The van der Waals surface area contributed by atoms with E-state index in [0.717, 1.165) is 7.57 Å². The van der Waals surface area contributed by atoms with E-state index in [4.69, 9.17) is 0 Å². The predicted octanol–water partition coefficient (Wildman–Crippen LogP) is 4.74. The summed E-state index contributed by atoms with van der Waals surface area (Å²) in [5, 5.41) is 13.4. The van der Waals surface area contributed by atoms with Gasteiger partial charge < -0.3 is 5.32 Å². The molecule has 0 aliphatic carbocycles. The minimum atomic E-state index is -0.451. The molecule has 0 fully saturated rings. The number of nitro groups is 1. The summed E-state index contributed by atoms with van der Waals surface area (Å²) >= 11 is 8.02. The number of nitro benzene ring substituents is 1. The Balaban J connectivity index is 2.22. The summed E-state index contributed by atoms with van der Waals surface area (Å²) in [5.41, 5.74) is 1.56. The Morgan fingerprint density at radius 3 is 2.55 bits per heavy atom. The lowest BCUT2D eigenvalue weighted by Crippen LogP contribution is -2.11. The third-order valence-corrected chi connectivity index (χ3v) is 4.89.